The van der Waals surface area contributed by atoms with Gasteiger partial charge in [-0.05, 0) is 53.1 Å². The first-order chi connectivity index (χ1) is 13.3. The van der Waals surface area contributed by atoms with Crippen molar-refractivity contribution < 1.29 is 9.53 Å². The Bertz CT molecular complexity index is 1180. The van der Waals surface area contributed by atoms with Crippen LogP contribution in [0.2, 0.25) is 0 Å². The normalized spacial score (nSPS) is 13.0. The van der Waals surface area contributed by atoms with Gasteiger partial charge in [0.1, 0.15) is 6.54 Å². The fourth-order valence-corrected chi connectivity index (χ4v) is 3.24. The number of nitrogens with one attached hydrogen (secondary N) is 1. The summed E-state index contributed by atoms with van der Waals surface area (Å²) in [6.45, 7) is 0.145. The van der Waals surface area contributed by atoms with E-state index < -0.39 is 0 Å². The van der Waals surface area contributed by atoms with Gasteiger partial charge in [-0.15, -0.1) is 0 Å². The summed E-state index contributed by atoms with van der Waals surface area (Å²) in [4.78, 5) is 24.2. The Morgan fingerprint density at radius 2 is 1.78 bits per heavy atom. The number of aromatic nitrogens is 3. The van der Waals surface area contributed by atoms with Crippen molar-refractivity contribution in [1.82, 2.24) is 15.0 Å². The maximum absolute atomic E-state index is 11.4. The van der Waals surface area contributed by atoms with Gasteiger partial charge in [0.05, 0.1) is 11.2 Å². The molecule has 6 heteroatoms. The Morgan fingerprint density at radius 3 is 2.67 bits per heavy atom. The van der Waals surface area contributed by atoms with Gasteiger partial charge in [0.2, 0.25) is 5.88 Å². The SMILES string of the molecule is O=C1CNc2cc(-c3ccc4nccc(-c5ccncc5)c4c3)cnc2O1. The fraction of sp³-hybridized carbons (Fsp3) is 0.0476. The molecule has 5 rings (SSSR count). The highest BCUT2D eigenvalue weighted by Gasteiger charge is 2.18. The third-order valence-electron chi connectivity index (χ3n) is 4.55. The number of hydrogen-bond donors (Lipinski definition) is 1. The lowest BCUT2D eigenvalue weighted by Gasteiger charge is -2.17. The predicted octanol–water partition coefficient (Wildman–Crippen LogP) is 3.69. The first kappa shape index (κ1) is 15.5. The van der Waals surface area contributed by atoms with Crippen LogP contribution < -0.4 is 10.1 Å². The fourth-order valence-electron chi connectivity index (χ4n) is 3.24. The van der Waals surface area contributed by atoms with E-state index in [1.807, 2.05) is 42.6 Å². The molecule has 0 bridgehead atoms. The summed E-state index contributed by atoms with van der Waals surface area (Å²) in [7, 11) is 0. The molecule has 0 unspecified atom stereocenters. The molecule has 6 nitrogen and oxygen atoms in total. The van der Waals surface area contributed by atoms with Crippen LogP contribution in [0.4, 0.5) is 5.69 Å². The van der Waals surface area contributed by atoms with E-state index in [-0.39, 0.29) is 12.5 Å². The zero-order valence-electron chi connectivity index (χ0n) is 14.2. The van der Waals surface area contributed by atoms with E-state index in [4.69, 9.17) is 4.74 Å². The highest BCUT2D eigenvalue weighted by atomic mass is 16.5. The van der Waals surface area contributed by atoms with Crippen LogP contribution in [0, 0.1) is 0 Å². The van der Waals surface area contributed by atoms with Crippen LogP contribution in [-0.4, -0.2) is 27.5 Å². The van der Waals surface area contributed by atoms with E-state index >= 15 is 0 Å². The van der Waals surface area contributed by atoms with Crippen molar-refractivity contribution in [2.24, 2.45) is 0 Å². The number of anilines is 1. The monoisotopic (exact) mass is 354 g/mol. The van der Waals surface area contributed by atoms with Gasteiger partial charge in [-0.25, -0.2) is 9.78 Å². The molecule has 0 atom stereocenters. The molecule has 3 aromatic heterocycles. The van der Waals surface area contributed by atoms with Crippen molar-refractivity contribution in [1.29, 1.82) is 0 Å². The molecule has 0 radical (unpaired) electrons. The van der Waals surface area contributed by atoms with E-state index in [1.165, 1.54) is 0 Å². The van der Waals surface area contributed by atoms with Crippen molar-refractivity contribution in [3.05, 3.63) is 67.3 Å². The molecule has 0 aliphatic carbocycles. The molecule has 27 heavy (non-hydrogen) atoms. The average Bonchev–Trinajstić information content (AvgIpc) is 2.73. The van der Waals surface area contributed by atoms with Gasteiger partial charge in [0.25, 0.3) is 0 Å². The molecule has 4 heterocycles. The van der Waals surface area contributed by atoms with Crippen LogP contribution in [0.25, 0.3) is 33.2 Å². The molecule has 0 saturated carbocycles. The highest BCUT2D eigenvalue weighted by molar-refractivity contribution is 5.97. The summed E-state index contributed by atoms with van der Waals surface area (Å²) in [5.41, 5.74) is 5.78. The zero-order valence-corrected chi connectivity index (χ0v) is 14.2. The minimum absolute atomic E-state index is 0.145. The lowest BCUT2D eigenvalue weighted by Crippen LogP contribution is -2.25. The summed E-state index contributed by atoms with van der Waals surface area (Å²) >= 11 is 0. The molecule has 0 saturated heterocycles. The summed E-state index contributed by atoms with van der Waals surface area (Å²) in [5.74, 6) is -0.0172. The first-order valence-electron chi connectivity index (χ1n) is 8.52. The van der Waals surface area contributed by atoms with Gasteiger partial charge < -0.3 is 10.1 Å². The minimum Gasteiger partial charge on any atom is -0.404 e. The van der Waals surface area contributed by atoms with Gasteiger partial charge in [0, 0.05) is 35.7 Å². The van der Waals surface area contributed by atoms with E-state index in [2.05, 4.69) is 26.3 Å². The number of rotatable bonds is 2. The summed E-state index contributed by atoms with van der Waals surface area (Å²) in [6, 6.07) is 14.1. The Morgan fingerprint density at radius 1 is 0.889 bits per heavy atom. The molecular weight excluding hydrogens is 340 g/mol. The molecule has 1 N–H and O–H groups in total. The van der Waals surface area contributed by atoms with Crippen LogP contribution in [0.15, 0.2) is 67.3 Å². The van der Waals surface area contributed by atoms with E-state index in [9.17, 15) is 4.79 Å². The molecule has 1 aliphatic heterocycles. The standard InChI is InChI=1S/C21H14N4O2/c26-20-12-24-19-10-15(11-25-21(19)27-20)14-1-2-18-17(9-14)16(5-8-23-18)13-3-6-22-7-4-13/h1-11,24H,12H2. The predicted molar refractivity (Wildman–Crippen MR) is 102 cm³/mol. The largest absolute Gasteiger partial charge is 0.404 e. The van der Waals surface area contributed by atoms with Crippen LogP contribution >= 0.6 is 0 Å². The Kier molecular flexibility index (Phi) is 3.53. The maximum Gasteiger partial charge on any atom is 0.332 e. The second kappa shape index (κ2) is 6.17. The maximum atomic E-state index is 11.4. The Labute approximate surface area is 154 Å². The Balaban J connectivity index is 1.64. The van der Waals surface area contributed by atoms with Crippen molar-refractivity contribution in [3.8, 4) is 28.1 Å². The van der Waals surface area contributed by atoms with E-state index in [0.717, 1.165) is 33.2 Å². The first-order valence-corrected chi connectivity index (χ1v) is 8.52. The number of nitrogens with zero attached hydrogens (tertiary/aromatic N) is 3. The molecular formula is C21H14N4O2. The summed E-state index contributed by atoms with van der Waals surface area (Å²) in [5, 5.41) is 4.09. The van der Waals surface area contributed by atoms with Crippen molar-refractivity contribution >= 4 is 22.6 Å². The number of ether oxygens (including phenoxy) is 1. The van der Waals surface area contributed by atoms with Crippen molar-refractivity contribution in [2.45, 2.75) is 0 Å². The third-order valence-corrected chi connectivity index (χ3v) is 4.55. The van der Waals surface area contributed by atoms with Crippen molar-refractivity contribution in [2.75, 3.05) is 11.9 Å². The van der Waals surface area contributed by atoms with Crippen LogP contribution in [-0.2, 0) is 4.79 Å². The number of fused-ring (bicyclic) bond motifs is 2. The lowest BCUT2D eigenvalue weighted by molar-refractivity contribution is -0.133. The van der Waals surface area contributed by atoms with Gasteiger partial charge in [-0.1, -0.05) is 6.07 Å². The number of carbonyl (C=O) groups excluding carboxylic acids is 1. The minimum atomic E-state index is -0.332. The van der Waals surface area contributed by atoms with Gasteiger partial charge in [-0.2, -0.15) is 0 Å². The summed E-state index contributed by atoms with van der Waals surface area (Å²) < 4.78 is 5.14. The van der Waals surface area contributed by atoms with Crippen molar-refractivity contribution in [3.63, 3.8) is 0 Å². The molecule has 130 valence electrons. The topological polar surface area (TPSA) is 77.0 Å². The van der Waals surface area contributed by atoms with Crippen LogP contribution in [0.5, 0.6) is 5.88 Å². The van der Waals surface area contributed by atoms with E-state index in [0.29, 0.717) is 11.6 Å². The van der Waals surface area contributed by atoms with Gasteiger partial charge in [0.15, 0.2) is 0 Å². The quantitative estimate of drug-likeness (QED) is 0.553. The second-order valence-electron chi connectivity index (χ2n) is 6.23. The smallest absolute Gasteiger partial charge is 0.332 e. The molecule has 0 spiro atoms. The van der Waals surface area contributed by atoms with Crippen LogP contribution in [0.1, 0.15) is 0 Å². The Hall–Kier alpha value is -3.80. The molecule has 0 fully saturated rings. The number of hydrogen-bond acceptors (Lipinski definition) is 6. The number of carbonyl (C=O) groups is 1. The lowest BCUT2D eigenvalue weighted by atomic mass is 9.98. The van der Waals surface area contributed by atoms with Gasteiger partial charge >= 0.3 is 5.97 Å². The van der Waals surface area contributed by atoms with Gasteiger partial charge in [-0.3, -0.25) is 9.97 Å². The molecule has 1 aliphatic rings. The molecule has 1 aromatic carbocycles. The number of benzene rings is 1. The molecule has 4 aromatic rings. The number of esters is 1. The molecule has 0 amide bonds. The highest BCUT2D eigenvalue weighted by Crippen LogP contribution is 2.34. The second-order valence-corrected chi connectivity index (χ2v) is 6.23. The summed E-state index contributed by atoms with van der Waals surface area (Å²) in [6.07, 6.45) is 7.09. The average molecular weight is 354 g/mol. The van der Waals surface area contributed by atoms with E-state index in [1.54, 1.807) is 18.6 Å². The third kappa shape index (κ3) is 2.77. The zero-order chi connectivity index (χ0) is 18.2. The number of pyridine rings is 3. The van der Waals surface area contributed by atoms with Crippen LogP contribution in [0.3, 0.4) is 0 Å².